The second kappa shape index (κ2) is 9.74. The number of hydrogen-bond donors (Lipinski definition) is 0. The number of esters is 1. The molecule has 0 atom stereocenters. The fraction of sp³-hybridized carbons (Fsp3) is 0.273. The van der Waals surface area contributed by atoms with Crippen LogP contribution in [0.2, 0.25) is 0 Å². The van der Waals surface area contributed by atoms with E-state index in [1.165, 1.54) is 25.1 Å². The molecule has 31 heavy (non-hydrogen) atoms. The number of carbonyl (C=O) groups excluding carboxylic acids is 1. The molecule has 0 radical (unpaired) electrons. The summed E-state index contributed by atoms with van der Waals surface area (Å²) >= 11 is 3.39. The maximum absolute atomic E-state index is 13.2. The number of halogens is 1. The molecule has 3 rings (SSSR count). The third kappa shape index (κ3) is 4.93. The van der Waals surface area contributed by atoms with Crippen LogP contribution in [-0.2, 0) is 9.53 Å². The van der Waals surface area contributed by atoms with Crippen molar-refractivity contribution in [3.8, 4) is 11.5 Å². The number of benzene rings is 2. The van der Waals surface area contributed by atoms with Gasteiger partial charge < -0.3 is 14.2 Å². The van der Waals surface area contributed by atoms with Crippen molar-refractivity contribution in [3.63, 3.8) is 0 Å². The summed E-state index contributed by atoms with van der Waals surface area (Å²) in [5.41, 5.74) is 0.845. The lowest BCUT2D eigenvalue weighted by molar-refractivity contribution is -0.142. The van der Waals surface area contributed by atoms with Crippen molar-refractivity contribution in [3.05, 3.63) is 62.6 Å². The molecule has 0 aliphatic rings. The molecule has 1 heterocycles. The summed E-state index contributed by atoms with van der Waals surface area (Å²) in [6.45, 7) is 3.59. The van der Waals surface area contributed by atoms with Crippen molar-refractivity contribution in [2.24, 2.45) is 5.10 Å². The minimum absolute atomic E-state index is 0.0433. The molecule has 0 saturated carbocycles. The molecule has 0 unspecified atom stereocenters. The molecule has 0 bridgehead atoms. The number of ether oxygens (including phenoxy) is 3. The van der Waals surface area contributed by atoms with Crippen molar-refractivity contribution < 1.29 is 19.0 Å². The van der Waals surface area contributed by atoms with E-state index in [-0.39, 0.29) is 18.1 Å². The fourth-order valence-corrected chi connectivity index (χ4v) is 3.27. The number of hydrogen-bond acceptors (Lipinski definition) is 7. The first-order chi connectivity index (χ1) is 14.8. The first-order valence-electron chi connectivity index (χ1n) is 9.49. The van der Waals surface area contributed by atoms with Crippen molar-refractivity contribution in [2.45, 2.75) is 19.8 Å². The third-order valence-corrected chi connectivity index (χ3v) is 4.95. The van der Waals surface area contributed by atoms with Gasteiger partial charge in [-0.3, -0.25) is 4.79 Å². The number of aromatic nitrogens is 2. The molecular formula is C22H22BrN3O5. The lowest BCUT2D eigenvalue weighted by atomic mass is 10.2. The van der Waals surface area contributed by atoms with E-state index >= 15 is 0 Å². The van der Waals surface area contributed by atoms with E-state index in [0.717, 1.165) is 4.47 Å². The van der Waals surface area contributed by atoms with E-state index in [9.17, 15) is 9.59 Å². The highest BCUT2D eigenvalue weighted by molar-refractivity contribution is 9.10. The first-order valence-corrected chi connectivity index (χ1v) is 10.3. The van der Waals surface area contributed by atoms with E-state index in [4.69, 9.17) is 9.47 Å². The largest absolute Gasteiger partial charge is 0.493 e. The highest BCUT2D eigenvalue weighted by Crippen LogP contribution is 2.30. The maximum atomic E-state index is 13.2. The van der Waals surface area contributed by atoms with Gasteiger partial charge in [0.25, 0.3) is 5.56 Å². The van der Waals surface area contributed by atoms with Crippen LogP contribution in [0.5, 0.6) is 11.5 Å². The third-order valence-electron chi connectivity index (χ3n) is 4.45. The van der Waals surface area contributed by atoms with E-state index in [1.807, 2.05) is 19.9 Å². The molecule has 0 amide bonds. The van der Waals surface area contributed by atoms with E-state index in [1.54, 1.807) is 30.3 Å². The average Bonchev–Trinajstić information content (AvgIpc) is 2.76. The Bertz CT molecular complexity index is 1200. The molecule has 0 spiro atoms. The van der Waals surface area contributed by atoms with Gasteiger partial charge in [-0.1, -0.05) is 35.8 Å². The Morgan fingerprint density at radius 2 is 2.03 bits per heavy atom. The van der Waals surface area contributed by atoms with E-state index < -0.39 is 5.97 Å². The number of rotatable bonds is 7. The minimum atomic E-state index is -0.531. The molecule has 1 aromatic heterocycles. The topological polar surface area (TPSA) is 92.0 Å². The van der Waals surface area contributed by atoms with Gasteiger partial charge in [0.2, 0.25) is 0 Å². The highest BCUT2D eigenvalue weighted by atomic mass is 79.9. The quantitative estimate of drug-likeness (QED) is 0.372. The Labute approximate surface area is 187 Å². The van der Waals surface area contributed by atoms with Crippen LogP contribution in [0.3, 0.4) is 0 Å². The summed E-state index contributed by atoms with van der Waals surface area (Å²) in [4.78, 5) is 29.3. The Kier molecular flexibility index (Phi) is 7.06. The van der Waals surface area contributed by atoms with Crippen LogP contribution in [-0.4, -0.2) is 42.7 Å². The molecule has 3 aromatic rings. The van der Waals surface area contributed by atoms with Crippen LogP contribution in [0.25, 0.3) is 10.9 Å². The van der Waals surface area contributed by atoms with E-state index in [2.05, 4.69) is 30.8 Å². The number of fused-ring (bicyclic) bond motifs is 1. The first kappa shape index (κ1) is 22.5. The Morgan fingerprint density at radius 1 is 1.26 bits per heavy atom. The number of methoxy groups -OCH3 is 2. The standard InChI is InChI=1S/C22H22BrN3O5/c1-13(2)21-25-17-9-8-15(23)10-16(17)22(28)26(21)24-11-14-6-5-7-18(29-3)20(14)31-12-19(27)30-4/h5-11,13H,12H2,1-4H3. The lowest BCUT2D eigenvalue weighted by Gasteiger charge is -2.14. The fourth-order valence-electron chi connectivity index (χ4n) is 2.91. The maximum Gasteiger partial charge on any atom is 0.343 e. The summed E-state index contributed by atoms with van der Waals surface area (Å²) < 4.78 is 17.6. The van der Waals surface area contributed by atoms with Gasteiger partial charge in [0.05, 0.1) is 31.3 Å². The van der Waals surface area contributed by atoms with Crippen LogP contribution < -0.4 is 15.0 Å². The van der Waals surface area contributed by atoms with Crippen LogP contribution in [0.1, 0.15) is 31.2 Å². The zero-order valence-electron chi connectivity index (χ0n) is 17.6. The summed E-state index contributed by atoms with van der Waals surface area (Å²) in [5.74, 6) is 0.685. The molecule has 162 valence electrons. The van der Waals surface area contributed by atoms with Gasteiger partial charge in [0.1, 0.15) is 5.82 Å². The van der Waals surface area contributed by atoms with Gasteiger partial charge in [-0.2, -0.15) is 9.78 Å². The smallest absolute Gasteiger partial charge is 0.343 e. The van der Waals surface area contributed by atoms with E-state index in [0.29, 0.717) is 33.8 Å². The molecule has 2 aromatic carbocycles. The molecule has 8 nitrogen and oxygen atoms in total. The monoisotopic (exact) mass is 487 g/mol. The van der Waals surface area contributed by atoms with Crippen LogP contribution >= 0.6 is 15.9 Å². The lowest BCUT2D eigenvalue weighted by Crippen LogP contribution is -2.23. The number of carbonyl (C=O) groups is 1. The summed E-state index contributed by atoms with van der Waals surface area (Å²) in [5, 5.41) is 4.86. The number of nitrogens with zero attached hydrogens (tertiary/aromatic N) is 3. The SMILES string of the molecule is COC(=O)COc1c(C=Nn2c(C(C)C)nc3ccc(Br)cc3c2=O)cccc1OC. The van der Waals surface area contributed by atoms with Crippen molar-refractivity contribution in [1.82, 2.24) is 9.66 Å². The zero-order valence-corrected chi connectivity index (χ0v) is 19.2. The van der Waals surface area contributed by atoms with Gasteiger partial charge in [-0.15, -0.1) is 0 Å². The molecule has 9 heteroatoms. The second-order valence-electron chi connectivity index (χ2n) is 6.89. The predicted octanol–water partition coefficient (Wildman–Crippen LogP) is 3.73. The summed E-state index contributed by atoms with van der Waals surface area (Å²) in [7, 11) is 2.77. The van der Waals surface area contributed by atoms with Crippen LogP contribution in [0.4, 0.5) is 0 Å². The molecule has 0 fully saturated rings. The van der Waals surface area contributed by atoms with Crippen molar-refractivity contribution in [2.75, 3.05) is 20.8 Å². The molecule has 0 N–H and O–H groups in total. The minimum Gasteiger partial charge on any atom is -0.493 e. The highest BCUT2D eigenvalue weighted by Gasteiger charge is 2.15. The van der Waals surface area contributed by atoms with Gasteiger partial charge in [0, 0.05) is 16.0 Å². The van der Waals surface area contributed by atoms with Crippen LogP contribution in [0, 0.1) is 0 Å². The number of para-hydroxylation sites is 1. The van der Waals surface area contributed by atoms with Gasteiger partial charge in [-0.05, 0) is 30.3 Å². The summed E-state index contributed by atoms with van der Waals surface area (Å²) in [6.07, 6.45) is 1.48. The van der Waals surface area contributed by atoms with Crippen LogP contribution in [0.15, 0.2) is 50.8 Å². The average molecular weight is 488 g/mol. The van der Waals surface area contributed by atoms with Crippen molar-refractivity contribution in [1.29, 1.82) is 0 Å². The Hall–Kier alpha value is -3.20. The Morgan fingerprint density at radius 3 is 2.71 bits per heavy atom. The molecule has 0 aliphatic heterocycles. The molecular weight excluding hydrogens is 466 g/mol. The Balaban J connectivity index is 2.11. The second-order valence-corrected chi connectivity index (χ2v) is 7.81. The zero-order chi connectivity index (χ0) is 22.5. The summed E-state index contributed by atoms with van der Waals surface area (Å²) in [6, 6.07) is 10.5. The van der Waals surface area contributed by atoms with Gasteiger partial charge in [0.15, 0.2) is 18.1 Å². The van der Waals surface area contributed by atoms with Gasteiger partial charge >= 0.3 is 5.97 Å². The van der Waals surface area contributed by atoms with Crippen molar-refractivity contribution >= 4 is 39.0 Å². The normalized spacial score (nSPS) is 11.3. The molecule has 0 aliphatic carbocycles. The molecule has 0 saturated heterocycles. The van der Waals surface area contributed by atoms with Gasteiger partial charge in [-0.25, -0.2) is 9.78 Å². The predicted molar refractivity (Wildman–Crippen MR) is 121 cm³/mol.